The Labute approximate surface area is 151 Å². The van der Waals surface area contributed by atoms with Gasteiger partial charge in [0.05, 0.1) is 5.52 Å². The molecule has 118 valence electrons. The number of benzene rings is 2. The molecule has 0 amide bonds. The van der Waals surface area contributed by atoms with Crippen molar-refractivity contribution in [1.82, 2.24) is 25.0 Å². The van der Waals surface area contributed by atoms with E-state index < -0.39 is 0 Å². The second-order valence-electron chi connectivity index (χ2n) is 5.08. The molecular formula is C16H12IN7. The van der Waals surface area contributed by atoms with E-state index in [1.54, 1.807) is 4.68 Å². The molecule has 0 aliphatic rings. The summed E-state index contributed by atoms with van der Waals surface area (Å²) < 4.78 is 2.77. The Hall–Kier alpha value is -2.75. The fraction of sp³-hybridized carbons (Fsp3) is 0. The van der Waals surface area contributed by atoms with Crippen LogP contribution in [0.5, 0.6) is 0 Å². The van der Waals surface area contributed by atoms with Gasteiger partial charge in [-0.1, -0.05) is 17.3 Å². The van der Waals surface area contributed by atoms with Crippen molar-refractivity contribution < 1.29 is 0 Å². The minimum absolute atomic E-state index is 0.409. The molecule has 2 aromatic carbocycles. The summed E-state index contributed by atoms with van der Waals surface area (Å²) in [5.74, 6) is 1.02. The number of halogens is 1. The summed E-state index contributed by atoms with van der Waals surface area (Å²) in [7, 11) is 0. The van der Waals surface area contributed by atoms with E-state index in [9.17, 15) is 0 Å². The van der Waals surface area contributed by atoms with Gasteiger partial charge in [-0.15, -0.1) is 5.10 Å². The van der Waals surface area contributed by atoms with E-state index in [2.05, 4.69) is 48.2 Å². The van der Waals surface area contributed by atoms with Gasteiger partial charge in [0.25, 0.3) is 0 Å². The predicted octanol–water partition coefficient (Wildman–Crippen LogP) is 3.14. The van der Waals surface area contributed by atoms with E-state index in [0.717, 1.165) is 20.3 Å². The SMILES string of the molecule is Nc1c(Nc2ccc(I)cc2)ncnc1-n1nnc2ccccc21. The first-order valence-corrected chi connectivity index (χ1v) is 8.24. The summed E-state index contributed by atoms with van der Waals surface area (Å²) in [5, 5.41) is 11.5. The molecule has 2 heterocycles. The van der Waals surface area contributed by atoms with Crippen LogP contribution in [-0.2, 0) is 0 Å². The van der Waals surface area contributed by atoms with Gasteiger partial charge in [0.1, 0.15) is 17.5 Å². The third kappa shape index (κ3) is 2.64. The Bertz CT molecular complexity index is 1010. The number of nitrogens with zero attached hydrogens (tertiary/aromatic N) is 5. The topological polar surface area (TPSA) is 94.5 Å². The van der Waals surface area contributed by atoms with Gasteiger partial charge in [0.2, 0.25) is 0 Å². The van der Waals surface area contributed by atoms with Crippen LogP contribution in [-0.4, -0.2) is 25.0 Å². The van der Waals surface area contributed by atoms with Crippen molar-refractivity contribution in [2.75, 3.05) is 11.1 Å². The van der Waals surface area contributed by atoms with E-state index in [1.807, 2.05) is 48.5 Å². The fourth-order valence-electron chi connectivity index (χ4n) is 2.35. The number of nitrogens with two attached hydrogens (primary N) is 1. The summed E-state index contributed by atoms with van der Waals surface area (Å²) in [6, 6.07) is 15.6. The molecule has 24 heavy (non-hydrogen) atoms. The third-order valence-corrected chi connectivity index (χ3v) is 4.24. The monoisotopic (exact) mass is 429 g/mol. The molecule has 3 N–H and O–H groups in total. The molecule has 0 radical (unpaired) electrons. The zero-order valence-corrected chi connectivity index (χ0v) is 14.5. The first-order valence-electron chi connectivity index (χ1n) is 7.16. The molecule has 8 heteroatoms. The van der Waals surface area contributed by atoms with Gasteiger partial charge in [0.15, 0.2) is 11.6 Å². The average molecular weight is 429 g/mol. The van der Waals surface area contributed by atoms with Crippen LogP contribution < -0.4 is 11.1 Å². The van der Waals surface area contributed by atoms with Crippen LogP contribution in [0.4, 0.5) is 17.2 Å². The minimum Gasteiger partial charge on any atom is -0.393 e. The Morgan fingerprint density at radius 3 is 2.62 bits per heavy atom. The van der Waals surface area contributed by atoms with Crippen molar-refractivity contribution in [3.63, 3.8) is 0 Å². The van der Waals surface area contributed by atoms with E-state index >= 15 is 0 Å². The second-order valence-corrected chi connectivity index (χ2v) is 6.33. The smallest absolute Gasteiger partial charge is 0.184 e. The number of nitrogen functional groups attached to an aromatic ring is 1. The Balaban J connectivity index is 1.77. The largest absolute Gasteiger partial charge is 0.393 e. The maximum Gasteiger partial charge on any atom is 0.184 e. The van der Waals surface area contributed by atoms with Crippen LogP contribution in [0.2, 0.25) is 0 Å². The molecule has 4 aromatic rings. The maximum atomic E-state index is 6.27. The minimum atomic E-state index is 0.409. The summed E-state index contributed by atoms with van der Waals surface area (Å²) in [5.41, 5.74) is 9.19. The first-order chi connectivity index (χ1) is 11.7. The van der Waals surface area contributed by atoms with Crippen molar-refractivity contribution in [1.29, 1.82) is 0 Å². The summed E-state index contributed by atoms with van der Waals surface area (Å²) in [6.45, 7) is 0. The number of fused-ring (bicyclic) bond motifs is 1. The lowest BCUT2D eigenvalue weighted by atomic mass is 10.3. The molecule has 0 atom stereocenters. The zero-order valence-electron chi connectivity index (χ0n) is 12.4. The van der Waals surface area contributed by atoms with Crippen LogP contribution in [0, 0.1) is 3.57 Å². The number of nitrogens with one attached hydrogen (secondary N) is 1. The molecule has 0 unspecified atom stereocenters. The number of hydrogen-bond donors (Lipinski definition) is 2. The maximum absolute atomic E-state index is 6.27. The average Bonchev–Trinajstić information content (AvgIpc) is 3.03. The van der Waals surface area contributed by atoms with Gasteiger partial charge in [-0.25, -0.2) is 9.97 Å². The van der Waals surface area contributed by atoms with Gasteiger partial charge >= 0.3 is 0 Å². The zero-order chi connectivity index (χ0) is 16.5. The Morgan fingerprint density at radius 1 is 1.00 bits per heavy atom. The number of hydrogen-bond acceptors (Lipinski definition) is 6. The van der Waals surface area contributed by atoms with Gasteiger partial charge in [-0.05, 0) is 59.0 Å². The summed E-state index contributed by atoms with van der Waals surface area (Å²) in [6.07, 6.45) is 1.46. The van der Waals surface area contributed by atoms with Gasteiger partial charge in [-0.2, -0.15) is 4.68 Å². The highest BCUT2D eigenvalue weighted by atomic mass is 127. The Morgan fingerprint density at radius 2 is 1.79 bits per heavy atom. The molecule has 4 rings (SSSR count). The molecule has 2 aromatic heterocycles. The lowest BCUT2D eigenvalue weighted by Gasteiger charge is -2.11. The molecule has 0 fully saturated rings. The summed E-state index contributed by atoms with van der Waals surface area (Å²) >= 11 is 2.26. The second kappa shape index (κ2) is 6.04. The molecule has 0 spiro atoms. The summed E-state index contributed by atoms with van der Waals surface area (Å²) in [4.78, 5) is 8.51. The van der Waals surface area contributed by atoms with E-state index in [-0.39, 0.29) is 0 Å². The van der Waals surface area contributed by atoms with Crippen LogP contribution >= 0.6 is 22.6 Å². The quantitative estimate of drug-likeness (QED) is 0.486. The first kappa shape index (κ1) is 14.8. The third-order valence-electron chi connectivity index (χ3n) is 3.52. The van der Waals surface area contributed by atoms with Crippen LogP contribution in [0.15, 0.2) is 54.9 Å². The van der Waals surface area contributed by atoms with Crippen molar-refractivity contribution in [3.05, 3.63) is 58.4 Å². The molecular weight excluding hydrogens is 417 g/mol. The molecule has 0 aliphatic carbocycles. The van der Waals surface area contributed by atoms with E-state index in [4.69, 9.17) is 5.73 Å². The molecule has 0 bridgehead atoms. The normalized spacial score (nSPS) is 10.9. The van der Waals surface area contributed by atoms with Crippen molar-refractivity contribution in [3.8, 4) is 5.82 Å². The van der Waals surface area contributed by atoms with Gasteiger partial charge in [0, 0.05) is 9.26 Å². The highest BCUT2D eigenvalue weighted by molar-refractivity contribution is 14.1. The number of para-hydroxylation sites is 1. The number of anilines is 3. The van der Waals surface area contributed by atoms with Crippen LogP contribution in [0.1, 0.15) is 0 Å². The standard InChI is InChI=1S/C16H12IN7/c17-10-5-7-11(8-6-10)21-15-14(18)16(20-9-19-15)24-13-4-2-1-3-12(13)22-23-24/h1-9H,18H2,(H,19,20,21). The molecule has 7 nitrogen and oxygen atoms in total. The molecule has 0 saturated heterocycles. The van der Waals surface area contributed by atoms with Crippen molar-refractivity contribution in [2.45, 2.75) is 0 Å². The number of rotatable bonds is 3. The fourth-order valence-corrected chi connectivity index (χ4v) is 2.71. The molecule has 0 saturated carbocycles. The number of aromatic nitrogens is 5. The highest BCUT2D eigenvalue weighted by Crippen LogP contribution is 2.26. The van der Waals surface area contributed by atoms with Gasteiger partial charge < -0.3 is 11.1 Å². The van der Waals surface area contributed by atoms with Crippen LogP contribution in [0.3, 0.4) is 0 Å². The molecule has 0 aliphatic heterocycles. The van der Waals surface area contributed by atoms with Crippen LogP contribution in [0.25, 0.3) is 16.9 Å². The Kier molecular flexibility index (Phi) is 3.73. The van der Waals surface area contributed by atoms with E-state index in [0.29, 0.717) is 17.3 Å². The lowest BCUT2D eigenvalue weighted by Crippen LogP contribution is -2.08. The highest BCUT2D eigenvalue weighted by Gasteiger charge is 2.14. The van der Waals surface area contributed by atoms with Gasteiger partial charge in [-0.3, -0.25) is 0 Å². The lowest BCUT2D eigenvalue weighted by molar-refractivity contribution is 0.800. The van der Waals surface area contributed by atoms with E-state index in [1.165, 1.54) is 6.33 Å². The van der Waals surface area contributed by atoms with Crippen molar-refractivity contribution in [2.24, 2.45) is 0 Å². The predicted molar refractivity (Wildman–Crippen MR) is 101 cm³/mol. The van der Waals surface area contributed by atoms with Crippen molar-refractivity contribution >= 4 is 50.8 Å².